The molecule has 0 saturated heterocycles. The maximum atomic E-state index is 5.91. The molecule has 1 N–H and O–H groups in total. The average Bonchev–Trinajstić information content (AvgIpc) is 3.12. The van der Waals surface area contributed by atoms with Gasteiger partial charge < -0.3 is 14.8 Å². The number of benzene rings is 2. The zero-order chi connectivity index (χ0) is 18.4. The van der Waals surface area contributed by atoms with Crippen LogP contribution in [0.3, 0.4) is 0 Å². The van der Waals surface area contributed by atoms with Crippen LogP contribution in [0.25, 0.3) is 0 Å². The molecule has 0 saturated carbocycles. The summed E-state index contributed by atoms with van der Waals surface area (Å²) in [5.74, 6) is 1.50. The maximum Gasteiger partial charge on any atom is 0.161 e. The molecule has 5 heteroatoms. The van der Waals surface area contributed by atoms with Gasteiger partial charge in [0.15, 0.2) is 11.5 Å². The predicted octanol–water partition coefficient (Wildman–Crippen LogP) is 4.89. The standard InChI is InChI=1S/C21H24N2O2S/c1-15-12-23-21(26-15)16(2)22-13-18-9-10-19(20(11-18)24-3)25-14-17-7-5-4-6-8-17/h4-12,16,22H,13-14H2,1-3H3. The van der Waals surface area contributed by atoms with E-state index in [1.54, 1.807) is 18.4 Å². The van der Waals surface area contributed by atoms with Gasteiger partial charge in [-0.25, -0.2) is 4.98 Å². The topological polar surface area (TPSA) is 43.4 Å². The SMILES string of the molecule is COc1cc(CNC(C)c2ncc(C)s2)ccc1OCc1ccccc1. The highest BCUT2D eigenvalue weighted by atomic mass is 32.1. The van der Waals surface area contributed by atoms with Crippen molar-refractivity contribution in [3.8, 4) is 11.5 Å². The van der Waals surface area contributed by atoms with Crippen LogP contribution in [0.1, 0.15) is 34.0 Å². The molecular formula is C21H24N2O2S. The Morgan fingerprint density at radius 3 is 2.58 bits per heavy atom. The van der Waals surface area contributed by atoms with Gasteiger partial charge in [0, 0.05) is 17.6 Å². The van der Waals surface area contributed by atoms with Crippen LogP contribution in [-0.4, -0.2) is 12.1 Å². The molecule has 1 aromatic heterocycles. The summed E-state index contributed by atoms with van der Waals surface area (Å²) in [7, 11) is 1.67. The van der Waals surface area contributed by atoms with Gasteiger partial charge in [0.05, 0.1) is 13.2 Å². The summed E-state index contributed by atoms with van der Waals surface area (Å²) in [5.41, 5.74) is 2.28. The van der Waals surface area contributed by atoms with Gasteiger partial charge in [-0.05, 0) is 37.1 Å². The van der Waals surface area contributed by atoms with Crippen molar-refractivity contribution in [2.24, 2.45) is 0 Å². The third-order valence-electron chi connectivity index (χ3n) is 4.09. The van der Waals surface area contributed by atoms with Crippen LogP contribution in [0.15, 0.2) is 54.7 Å². The summed E-state index contributed by atoms with van der Waals surface area (Å²) in [4.78, 5) is 5.67. The Bertz CT molecular complexity index is 833. The van der Waals surface area contributed by atoms with Gasteiger partial charge in [-0.15, -0.1) is 11.3 Å². The minimum atomic E-state index is 0.216. The van der Waals surface area contributed by atoms with Crippen LogP contribution < -0.4 is 14.8 Å². The van der Waals surface area contributed by atoms with E-state index < -0.39 is 0 Å². The number of hydrogen-bond donors (Lipinski definition) is 1. The number of aromatic nitrogens is 1. The van der Waals surface area contributed by atoms with Crippen LogP contribution in [-0.2, 0) is 13.2 Å². The molecule has 26 heavy (non-hydrogen) atoms. The number of hydrogen-bond acceptors (Lipinski definition) is 5. The third-order valence-corrected chi connectivity index (χ3v) is 5.18. The minimum Gasteiger partial charge on any atom is -0.493 e. The summed E-state index contributed by atoms with van der Waals surface area (Å²) in [6, 6.07) is 16.4. The van der Waals surface area contributed by atoms with Crippen molar-refractivity contribution in [3.63, 3.8) is 0 Å². The first kappa shape index (κ1) is 18.4. The van der Waals surface area contributed by atoms with Crippen LogP contribution in [0, 0.1) is 6.92 Å². The first-order valence-electron chi connectivity index (χ1n) is 8.65. The normalized spacial score (nSPS) is 12.0. The molecule has 3 aromatic rings. The van der Waals surface area contributed by atoms with Gasteiger partial charge >= 0.3 is 0 Å². The lowest BCUT2D eigenvalue weighted by molar-refractivity contribution is 0.284. The Morgan fingerprint density at radius 1 is 1.08 bits per heavy atom. The number of thiazole rings is 1. The molecular weight excluding hydrogens is 344 g/mol. The van der Waals surface area contributed by atoms with Gasteiger partial charge in [-0.2, -0.15) is 0 Å². The van der Waals surface area contributed by atoms with Crippen LogP contribution in [0.2, 0.25) is 0 Å². The van der Waals surface area contributed by atoms with Gasteiger partial charge in [0.2, 0.25) is 0 Å². The molecule has 0 radical (unpaired) electrons. The molecule has 0 spiro atoms. The highest BCUT2D eigenvalue weighted by Gasteiger charge is 2.10. The number of aryl methyl sites for hydroxylation is 1. The third kappa shape index (κ3) is 4.84. The molecule has 2 aromatic carbocycles. The molecule has 0 aliphatic heterocycles. The second-order valence-corrected chi connectivity index (χ2v) is 7.44. The van der Waals surface area contributed by atoms with Crippen LogP contribution in [0.5, 0.6) is 11.5 Å². The summed E-state index contributed by atoms with van der Waals surface area (Å²) in [6.07, 6.45) is 1.92. The molecule has 3 rings (SSSR count). The molecule has 1 heterocycles. The monoisotopic (exact) mass is 368 g/mol. The Morgan fingerprint density at radius 2 is 1.88 bits per heavy atom. The van der Waals surface area contributed by atoms with Crippen molar-refractivity contribution in [3.05, 3.63) is 75.7 Å². The van der Waals surface area contributed by atoms with E-state index in [0.29, 0.717) is 6.61 Å². The highest BCUT2D eigenvalue weighted by molar-refractivity contribution is 7.11. The van der Waals surface area contributed by atoms with E-state index in [4.69, 9.17) is 9.47 Å². The van der Waals surface area contributed by atoms with E-state index in [1.807, 2.05) is 48.7 Å². The van der Waals surface area contributed by atoms with Gasteiger partial charge in [0.25, 0.3) is 0 Å². The van der Waals surface area contributed by atoms with Crippen LogP contribution >= 0.6 is 11.3 Å². The first-order chi connectivity index (χ1) is 12.7. The van der Waals surface area contributed by atoms with Crippen molar-refractivity contribution in [2.75, 3.05) is 7.11 Å². The van der Waals surface area contributed by atoms with Gasteiger partial charge in [-0.1, -0.05) is 36.4 Å². The molecule has 0 bridgehead atoms. The van der Waals surface area contributed by atoms with E-state index in [0.717, 1.165) is 34.2 Å². The lowest BCUT2D eigenvalue weighted by atomic mass is 10.2. The fourth-order valence-electron chi connectivity index (χ4n) is 2.61. The number of methoxy groups -OCH3 is 1. The quantitative estimate of drug-likeness (QED) is 0.615. The fraction of sp³-hybridized carbons (Fsp3) is 0.286. The largest absolute Gasteiger partial charge is 0.493 e. The molecule has 136 valence electrons. The molecule has 0 fully saturated rings. The smallest absolute Gasteiger partial charge is 0.161 e. The number of rotatable bonds is 8. The molecule has 0 amide bonds. The predicted molar refractivity (Wildman–Crippen MR) is 106 cm³/mol. The van der Waals surface area contributed by atoms with Crippen LogP contribution in [0.4, 0.5) is 0 Å². The summed E-state index contributed by atoms with van der Waals surface area (Å²) < 4.78 is 11.4. The maximum absolute atomic E-state index is 5.91. The molecule has 0 aliphatic carbocycles. The van der Waals surface area contributed by atoms with Crippen molar-refractivity contribution in [1.82, 2.24) is 10.3 Å². The Kier molecular flexibility index (Phi) is 6.26. The Hall–Kier alpha value is -2.37. The average molecular weight is 369 g/mol. The lowest BCUT2D eigenvalue weighted by Crippen LogP contribution is -2.17. The van der Waals surface area contributed by atoms with Gasteiger partial charge in [0.1, 0.15) is 11.6 Å². The molecule has 0 aliphatic rings. The number of ether oxygens (including phenoxy) is 2. The zero-order valence-electron chi connectivity index (χ0n) is 15.4. The number of nitrogens with zero attached hydrogens (tertiary/aromatic N) is 1. The summed E-state index contributed by atoms with van der Waals surface area (Å²) in [5, 5.41) is 4.62. The number of nitrogens with one attached hydrogen (secondary N) is 1. The Balaban J connectivity index is 1.60. The minimum absolute atomic E-state index is 0.216. The van der Waals surface area contributed by atoms with E-state index in [2.05, 4.69) is 30.2 Å². The zero-order valence-corrected chi connectivity index (χ0v) is 16.2. The molecule has 4 nitrogen and oxygen atoms in total. The second-order valence-electron chi connectivity index (χ2n) is 6.17. The Labute approximate surface area is 158 Å². The lowest BCUT2D eigenvalue weighted by Gasteiger charge is -2.14. The molecule has 1 atom stereocenters. The van der Waals surface area contributed by atoms with E-state index >= 15 is 0 Å². The van der Waals surface area contributed by atoms with Crippen molar-refractivity contribution >= 4 is 11.3 Å². The highest BCUT2D eigenvalue weighted by Crippen LogP contribution is 2.29. The van der Waals surface area contributed by atoms with Gasteiger partial charge in [-0.3, -0.25) is 0 Å². The fourth-order valence-corrected chi connectivity index (χ4v) is 3.41. The molecule has 1 unspecified atom stereocenters. The van der Waals surface area contributed by atoms with E-state index in [9.17, 15) is 0 Å². The summed E-state index contributed by atoms with van der Waals surface area (Å²) >= 11 is 1.73. The first-order valence-corrected chi connectivity index (χ1v) is 9.46. The van der Waals surface area contributed by atoms with Crippen molar-refractivity contribution < 1.29 is 9.47 Å². The van der Waals surface area contributed by atoms with E-state index in [1.165, 1.54) is 4.88 Å². The summed E-state index contributed by atoms with van der Waals surface area (Å²) in [6.45, 7) is 5.48. The van der Waals surface area contributed by atoms with E-state index in [-0.39, 0.29) is 6.04 Å². The second kappa shape index (κ2) is 8.83. The van der Waals surface area contributed by atoms with Crippen molar-refractivity contribution in [2.45, 2.75) is 33.0 Å². The van der Waals surface area contributed by atoms with Crippen molar-refractivity contribution in [1.29, 1.82) is 0 Å².